The molecule has 1 rings (SSSR count). The minimum atomic E-state index is 0.0388. The van der Waals surface area contributed by atoms with Crippen LogP contribution in [-0.4, -0.2) is 26.1 Å². The van der Waals surface area contributed by atoms with Gasteiger partial charge in [0, 0.05) is 18.0 Å². The summed E-state index contributed by atoms with van der Waals surface area (Å²) in [6, 6.07) is 5.50. The first-order valence-electron chi connectivity index (χ1n) is 5.99. The number of hydrogen-bond donors (Lipinski definition) is 0. The molecule has 0 fully saturated rings. The number of rotatable bonds is 7. The van der Waals surface area contributed by atoms with E-state index >= 15 is 0 Å². The SMILES string of the molecule is COCCC(=O)c1cc(Br)ccc1OCC(C)C. The van der Waals surface area contributed by atoms with Gasteiger partial charge < -0.3 is 9.47 Å². The molecule has 0 spiro atoms. The van der Waals surface area contributed by atoms with Crippen molar-refractivity contribution in [2.45, 2.75) is 20.3 Å². The molecule has 0 N–H and O–H groups in total. The summed E-state index contributed by atoms with van der Waals surface area (Å²) in [7, 11) is 1.59. The van der Waals surface area contributed by atoms with Crippen molar-refractivity contribution in [3.8, 4) is 5.75 Å². The predicted octanol–water partition coefficient (Wildman–Crippen LogP) is 3.70. The van der Waals surface area contributed by atoms with Gasteiger partial charge in [-0.05, 0) is 24.1 Å². The Labute approximate surface area is 117 Å². The van der Waals surface area contributed by atoms with E-state index in [2.05, 4.69) is 29.8 Å². The number of Topliss-reactive ketones (excluding diaryl/α,β-unsaturated/α-hetero) is 1. The zero-order valence-corrected chi connectivity index (χ0v) is 12.6. The normalized spacial score (nSPS) is 10.7. The Kier molecular flexibility index (Phi) is 6.36. The van der Waals surface area contributed by atoms with E-state index in [9.17, 15) is 4.79 Å². The first kappa shape index (κ1) is 15.2. The number of ether oxygens (including phenoxy) is 2. The third-order valence-corrected chi connectivity index (χ3v) is 2.84. The molecule has 0 saturated heterocycles. The lowest BCUT2D eigenvalue weighted by atomic mass is 10.1. The lowest BCUT2D eigenvalue weighted by Crippen LogP contribution is -2.10. The zero-order valence-electron chi connectivity index (χ0n) is 11.0. The van der Waals surface area contributed by atoms with E-state index in [0.717, 1.165) is 4.47 Å². The molecule has 0 heterocycles. The standard InChI is InChI=1S/C14H19BrO3/c1-10(2)9-18-14-5-4-11(15)8-12(14)13(16)6-7-17-3/h4-5,8,10H,6-7,9H2,1-3H3. The summed E-state index contributed by atoms with van der Waals surface area (Å²) in [5.41, 5.74) is 0.613. The topological polar surface area (TPSA) is 35.5 Å². The van der Waals surface area contributed by atoms with Crippen molar-refractivity contribution in [1.29, 1.82) is 0 Å². The molecular formula is C14H19BrO3. The molecule has 3 nitrogen and oxygen atoms in total. The lowest BCUT2D eigenvalue weighted by molar-refractivity contribution is 0.0927. The van der Waals surface area contributed by atoms with Crippen molar-refractivity contribution < 1.29 is 14.3 Å². The highest BCUT2D eigenvalue weighted by Gasteiger charge is 2.13. The van der Waals surface area contributed by atoms with E-state index < -0.39 is 0 Å². The highest BCUT2D eigenvalue weighted by Crippen LogP contribution is 2.25. The van der Waals surface area contributed by atoms with Crippen LogP contribution in [0, 0.1) is 5.92 Å². The van der Waals surface area contributed by atoms with Crippen LogP contribution in [0.1, 0.15) is 30.6 Å². The molecule has 1 aromatic rings. The fraction of sp³-hybridized carbons (Fsp3) is 0.500. The molecule has 0 aliphatic rings. The van der Waals surface area contributed by atoms with E-state index in [0.29, 0.717) is 36.9 Å². The molecule has 0 aromatic heterocycles. The van der Waals surface area contributed by atoms with Crippen LogP contribution in [0.3, 0.4) is 0 Å². The number of carbonyl (C=O) groups is 1. The van der Waals surface area contributed by atoms with E-state index in [-0.39, 0.29) is 5.78 Å². The molecule has 0 aliphatic heterocycles. The summed E-state index contributed by atoms with van der Waals surface area (Å²) in [5.74, 6) is 1.11. The molecule has 0 saturated carbocycles. The number of hydrogen-bond acceptors (Lipinski definition) is 3. The maximum Gasteiger partial charge on any atom is 0.168 e. The van der Waals surface area contributed by atoms with Gasteiger partial charge in [0.1, 0.15) is 5.75 Å². The van der Waals surface area contributed by atoms with Gasteiger partial charge >= 0.3 is 0 Å². The Hall–Kier alpha value is -0.870. The van der Waals surface area contributed by atoms with Crippen molar-refractivity contribution >= 4 is 21.7 Å². The average molecular weight is 315 g/mol. The van der Waals surface area contributed by atoms with E-state index in [4.69, 9.17) is 9.47 Å². The van der Waals surface area contributed by atoms with Crippen LogP contribution >= 0.6 is 15.9 Å². The monoisotopic (exact) mass is 314 g/mol. The summed E-state index contributed by atoms with van der Waals surface area (Å²) < 4.78 is 11.5. The smallest absolute Gasteiger partial charge is 0.168 e. The van der Waals surface area contributed by atoms with Gasteiger partial charge in [-0.15, -0.1) is 0 Å². The van der Waals surface area contributed by atoms with E-state index in [1.54, 1.807) is 13.2 Å². The van der Waals surface area contributed by atoms with Crippen LogP contribution < -0.4 is 4.74 Å². The van der Waals surface area contributed by atoms with Crippen molar-refractivity contribution in [3.63, 3.8) is 0 Å². The van der Waals surface area contributed by atoms with Gasteiger partial charge in [-0.3, -0.25) is 4.79 Å². The van der Waals surface area contributed by atoms with Crippen molar-refractivity contribution in [2.24, 2.45) is 5.92 Å². The number of carbonyl (C=O) groups excluding carboxylic acids is 1. The summed E-state index contributed by atoms with van der Waals surface area (Å²) >= 11 is 3.37. The Morgan fingerprint density at radius 1 is 1.39 bits per heavy atom. The first-order valence-corrected chi connectivity index (χ1v) is 6.78. The molecule has 4 heteroatoms. The van der Waals surface area contributed by atoms with Crippen molar-refractivity contribution in [1.82, 2.24) is 0 Å². The highest BCUT2D eigenvalue weighted by molar-refractivity contribution is 9.10. The first-order chi connectivity index (χ1) is 8.54. The minimum absolute atomic E-state index is 0.0388. The zero-order chi connectivity index (χ0) is 13.5. The molecule has 0 atom stereocenters. The van der Waals surface area contributed by atoms with Gasteiger partial charge in [-0.25, -0.2) is 0 Å². The van der Waals surface area contributed by atoms with Crippen LogP contribution in [0.2, 0.25) is 0 Å². The number of ketones is 1. The van der Waals surface area contributed by atoms with E-state index in [1.807, 2.05) is 12.1 Å². The van der Waals surface area contributed by atoms with Crippen LogP contribution in [0.15, 0.2) is 22.7 Å². The Balaban J connectivity index is 2.85. The molecule has 1 aromatic carbocycles. The molecule has 18 heavy (non-hydrogen) atoms. The predicted molar refractivity (Wildman–Crippen MR) is 75.3 cm³/mol. The van der Waals surface area contributed by atoms with Gasteiger partial charge in [-0.1, -0.05) is 29.8 Å². The van der Waals surface area contributed by atoms with Crippen molar-refractivity contribution in [2.75, 3.05) is 20.3 Å². The fourth-order valence-electron chi connectivity index (χ4n) is 1.43. The van der Waals surface area contributed by atoms with Gasteiger partial charge in [0.15, 0.2) is 5.78 Å². The summed E-state index contributed by atoms with van der Waals surface area (Å²) in [4.78, 5) is 12.0. The van der Waals surface area contributed by atoms with Gasteiger partial charge in [0.25, 0.3) is 0 Å². The molecule has 0 bridgehead atoms. The van der Waals surface area contributed by atoms with Crippen LogP contribution in [0.4, 0.5) is 0 Å². The molecular weight excluding hydrogens is 296 g/mol. The van der Waals surface area contributed by atoms with E-state index in [1.165, 1.54) is 0 Å². The fourth-order valence-corrected chi connectivity index (χ4v) is 1.79. The second kappa shape index (κ2) is 7.54. The molecule has 0 radical (unpaired) electrons. The highest BCUT2D eigenvalue weighted by atomic mass is 79.9. The second-order valence-corrected chi connectivity index (χ2v) is 5.43. The third-order valence-electron chi connectivity index (χ3n) is 2.35. The number of halogens is 1. The molecule has 0 unspecified atom stereocenters. The lowest BCUT2D eigenvalue weighted by Gasteiger charge is -2.13. The van der Waals surface area contributed by atoms with Crippen LogP contribution in [0.25, 0.3) is 0 Å². The maximum absolute atomic E-state index is 12.0. The Morgan fingerprint density at radius 2 is 2.11 bits per heavy atom. The van der Waals surface area contributed by atoms with Crippen molar-refractivity contribution in [3.05, 3.63) is 28.2 Å². The van der Waals surface area contributed by atoms with Gasteiger partial charge in [0.2, 0.25) is 0 Å². The molecule has 100 valence electrons. The summed E-state index contributed by atoms with van der Waals surface area (Å²) in [6.45, 7) is 5.18. The summed E-state index contributed by atoms with van der Waals surface area (Å²) in [5, 5.41) is 0. The van der Waals surface area contributed by atoms with Gasteiger partial charge in [-0.2, -0.15) is 0 Å². The molecule has 0 aliphatic carbocycles. The largest absolute Gasteiger partial charge is 0.493 e. The summed E-state index contributed by atoms with van der Waals surface area (Å²) in [6.07, 6.45) is 0.366. The minimum Gasteiger partial charge on any atom is -0.493 e. The Morgan fingerprint density at radius 3 is 2.72 bits per heavy atom. The molecule has 0 amide bonds. The third kappa shape index (κ3) is 4.78. The number of benzene rings is 1. The maximum atomic E-state index is 12.0. The van der Waals surface area contributed by atoms with Crippen LogP contribution in [-0.2, 0) is 4.74 Å². The van der Waals surface area contributed by atoms with Gasteiger partial charge in [0.05, 0.1) is 18.8 Å². The van der Waals surface area contributed by atoms with Crippen LogP contribution in [0.5, 0.6) is 5.75 Å². The Bertz CT molecular complexity index is 402. The second-order valence-electron chi connectivity index (χ2n) is 4.51. The quantitative estimate of drug-likeness (QED) is 0.720. The average Bonchev–Trinajstić information content (AvgIpc) is 2.34. The number of methoxy groups -OCH3 is 1.